The highest BCUT2D eigenvalue weighted by molar-refractivity contribution is 5.45. The highest BCUT2D eigenvalue weighted by Gasteiger charge is 2.38. The number of aryl methyl sites for hydroxylation is 1. The van der Waals surface area contributed by atoms with Crippen LogP contribution in [0.15, 0.2) is 0 Å². The van der Waals surface area contributed by atoms with Gasteiger partial charge in [0, 0.05) is 5.56 Å². The van der Waals surface area contributed by atoms with Gasteiger partial charge in [0.1, 0.15) is 0 Å². The van der Waals surface area contributed by atoms with E-state index in [2.05, 4.69) is 4.98 Å². The van der Waals surface area contributed by atoms with E-state index in [0.29, 0.717) is 0 Å². The van der Waals surface area contributed by atoms with E-state index in [4.69, 9.17) is 5.73 Å². The van der Waals surface area contributed by atoms with Gasteiger partial charge in [-0.1, -0.05) is 13.8 Å². The summed E-state index contributed by atoms with van der Waals surface area (Å²) < 4.78 is 51.7. The predicted octanol–water partition coefficient (Wildman–Crippen LogP) is 3.25. The molecule has 2 nitrogen and oxygen atoms in total. The van der Waals surface area contributed by atoms with Crippen molar-refractivity contribution < 1.29 is 17.6 Å². The Bertz CT molecular complexity index is 410. The fourth-order valence-electron chi connectivity index (χ4n) is 1.63. The number of pyridine rings is 1. The first-order valence-electron chi connectivity index (χ1n) is 4.69. The van der Waals surface area contributed by atoms with E-state index in [1.165, 1.54) is 20.8 Å². The lowest BCUT2D eigenvalue weighted by Crippen LogP contribution is -2.17. The van der Waals surface area contributed by atoms with Crippen LogP contribution >= 0.6 is 0 Å². The first kappa shape index (κ1) is 12.7. The van der Waals surface area contributed by atoms with Crippen LogP contribution in [0.25, 0.3) is 0 Å². The molecule has 6 heteroatoms. The number of nitrogens with zero attached hydrogens (tertiary/aromatic N) is 1. The average molecular weight is 236 g/mol. The van der Waals surface area contributed by atoms with Crippen molar-refractivity contribution in [2.24, 2.45) is 0 Å². The first-order valence-corrected chi connectivity index (χ1v) is 4.69. The molecule has 1 heterocycles. The summed E-state index contributed by atoms with van der Waals surface area (Å²) in [5.41, 5.74) is 3.48. The van der Waals surface area contributed by atoms with Crippen LogP contribution in [-0.2, 0) is 6.18 Å². The highest BCUT2D eigenvalue weighted by Crippen LogP contribution is 2.39. The number of nitrogens with two attached hydrogens (primary N) is 1. The summed E-state index contributed by atoms with van der Waals surface area (Å²) in [6.45, 7) is 4.13. The Morgan fingerprint density at radius 3 is 2.12 bits per heavy atom. The number of alkyl halides is 3. The van der Waals surface area contributed by atoms with Gasteiger partial charge in [0.15, 0.2) is 11.6 Å². The van der Waals surface area contributed by atoms with Crippen molar-refractivity contribution in [2.75, 3.05) is 5.73 Å². The summed E-state index contributed by atoms with van der Waals surface area (Å²) in [4.78, 5) is 3.37. The van der Waals surface area contributed by atoms with Gasteiger partial charge in [0.05, 0.1) is 11.3 Å². The zero-order valence-electron chi connectivity index (χ0n) is 9.11. The van der Waals surface area contributed by atoms with E-state index < -0.39 is 34.9 Å². The molecule has 0 spiro atoms. The molecule has 0 bridgehead atoms. The SMILES string of the molecule is Cc1nc(N)c(F)c(C(C)C)c1C(F)(F)F. The van der Waals surface area contributed by atoms with Crippen molar-refractivity contribution in [3.63, 3.8) is 0 Å². The summed E-state index contributed by atoms with van der Waals surface area (Å²) >= 11 is 0. The minimum Gasteiger partial charge on any atom is -0.381 e. The normalized spacial score (nSPS) is 12.2. The second-order valence-electron chi connectivity index (χ2n) is 3.84. The molecule has 1 aromatic heterocycles. The quantitative estimate of drug-likeness (QED) is 0.760. The predicted molar refractivity (Wildman–Crippen MR) is 52.4 cm³/mol. The molecule has 0 fully saturated rings. The monoisotopic (exact) mass is 236 g/mol. The molecule has 1 rings (SSSR count). The summed E-state index contributed by atoms with van der Waals surface area (Å²) in [6, 6.07) is 0. The lowest BCUT2D eigenvalue weighted by atomic mass is 9.95. The third-order valence-corrected chi connectivity index (χ3v) is 2.24. The van der Waals surface area contributed by atoms with E-state index in [9.17, 15) is 17.6 Å². The van der Waals surface area contributed by atoms with Gasteiger partial charge in [-0.05, 0) is 12.8 Å². The molecule has 0 aliphatic carbocycles. The molecule has 0 saturated carbocycles. The first-order chi connectivity index (χ1) is 7.16. The van der Waals surface area contributed by atoms with E-state index in [1.807, 2.05) is 0 Å². The van der Waals surface area contributed by atoms with Crippen LogP contribution in [-0.4, -0.2) is 4.98 Å². The third kappa shape index (κ3) is 2.10. The van der Waals surface area contributed by atoms with Gasteiger partial charge in [-0.3, -0.25) is 0 Å². The molecule has 2 N–H and O–H groups in total. The lowest BCUT2D eigenvalue weighted by Gasteiger charge is -2.19. The zero-order chi connectivity index (χ0) is 12.7. The van der Waals surface area contributed by atoms with Crippen LogP contribution in [0.1, 0.15) is 36.6 Å². The van der Waals surface area contributed by atoms with E-state index in [1.54, 1.807) is 0 Å². The van der Waals surface area contributed by atoms with Gasteiger partial charge in [0.25, 0.3) is 0 Å². The Balaban J connectivity index is 3.65. The third-order valence-electron chi connectivity index (χ3n) is 2.24. The van der Waals surface area contributed by atoms with Gasteiger partial charge in [-0.15, -0.1) is 0 Å². The maximum atomic E-state index is 13.5. The molecule has 0 aliphatic heterocycles. The molecular formula is C10H12F4N2. The van der Waals surface area contributed by atoms with Gasteiger partial charge in [-0.25, -0.2) is 9.37 Å². The van der Waals surface area contributed by atoms with Crippen molar-refractivity contribution in [3.05, 3.63) is 22.6 Å². The Morgan fingerprint density at radius 2 is 1.75 bits per heavy atom. The minimum atomic E-state index is -4.62. The summed E-state index contributed by atoms with van der Waals surface area (Å²) in [7, 11) is 0. The highest BCUT2D eigenvalue weighted by atomic mass is 19.4. The number of hydrogen-bond donors (Lipinski definition) is 1. The molecule has 16 heavy (non-hydrogen) atoms. The molecular weight excluding hydrogens is 224 g/mol. The van der Waals surface area contributed by atoms with E-state index in [0.717, 1.165) is 0 Å². The second kappa shape index (κ2) is 3.92. The standard InChI is InChI=1S/C10H12F4N2/c1-4(2)6-7(10(12,13)14)5(3)16-9(15)8(6)11/h4H,1-3H3,(H2,15,16). The van der Waals surface area contributed by atoms with Gasteiger partial charge in [-0.2, -0.15) is 13.2 Å². The van der Waals surface area contributed by atoms with Crippen molar-refractivity contribution in [3.8, 4) is 0 Å². The van der Waals surface area contributed by atoms with Gasteiger partial charge < -0.3 is 5.73 Å². The topological polar surface area (TPSA) is 38.9 Å². The number of nitrogen functional groups attached to an aromatic ring is 1. The van der Waals surface area contributed by atoms with Crippen LogP contribution in [0.5, 0.6) is 0 Å². The molecule has 0 unspecified atom stereocenters. The Labute approximate surface area is 90.5 Å². The van der Waals surface area contributed by atoms with Crippen LogP contribution in [0, 0.1) is 12.7 Å². The molecule has 0 aromatic carbocycles. The summed E-state index contributed by atoms with van der Waals surface area (Å²) in [5.74, 6) is -2.18. The van der Waals surface area contributed by atoms with E-state index >= 15 is 0 Å². The second-order valence-corrected chi connectivity index (χ2v) is 3.84. The molecule has 1 aromatic rings. The Hall–Kier alpha value is -1.33. The van der Waals surface area contributed by atoms with Gasteiger partial charge >= 0.3 is 6.18 Å². The lowest BCUT2D eigenvalue weighted by molar-refractivity contribution is -0.139. The molecule has 0 amide bonds. The molecule has 0 saturated heterocycles. The van der Waals surface area contributed by atoms with Crippen molar-refractivity contribution in [1.82, 2.24) is 4.98 Å². The zero-order valence-corrected chi connectivity index (χ0v) is 9.11. The number of rotatable bonds is 1. The van der Waals surface area contributed by atoms with Crippen LogP contribution in [0.2, 0.25) is 0 Å². The van der Waals surface area contributed by atoms with Crippen molar-refractivity contribution in [1.29, 1.82) is 0 Å². The molecule has 0 aliphatic rings. The summed E-state index contributed by atoms with van der Waals surface area (Å²) in [5, 5.41) is 0. The number of aromatic nitrogens is 1. The van der Waals surface area contributed by atoms with Crippen LogP contribution < -0.4 is 5.73 Å². The maximum Gasteiger partial charge on any atom is 0.418 e. The van der Waals surface area contributed by atoms with Gasteiger partial charge in [0.2, 0.25) is 0 Å². The Morgan fingerprint density at radius 1 is 1.25 bits per heavy atom. The number of halogens is 4. The minimum absolute atomic E-state index is 0.296. The number of anilines is 1. The fraction of sp³-hybridized carbons (Fsp3) is 0.500. The van der Waals surface area contributed by atoms with Crippen molar-refractivity contribution >= 4 is 5.82 Å². The van der Waals surface area contributed by atoms with Crippen LogP contribution in [0.4, 0.5) is 23.4 Å². The summed E-state index contributed by atoms with van der Waals surface area (Å²) in [6.07, 6.45) is -4.62. The maximum absolute atomic E-state index is 13.5. The Kier molecular flexibility index (Phi) is 3.12. The van der Waals surface area contributed by atoms with Crippen molar-refractivity contribution in [2.45, 2.75) is 32.9 Å². The smallest absolute Gasteiger partial charge is 0.381 e. The fourth-order valence-corrected chi connectivity index (χ4v) is 1.63. The molecule has 90 valence electrons. The average Bonchev–Trinajstić information content (AvgIpc) is 2.07. The van der Waals surface area contributed by atoms with Crippen LogP contribution in [0.3, 0.4) is 0 Å². The molecule has 0 radical (unpaired) electrons. The molecule has 0 atom stereocenters. The number of hydrogen-bond acceptors (Lipinski definition) is 2. The van der Waals surface area contributed by atoms with E-state index in [-0.39, 0.29) is 5.69 Å². The largest absolute Gasteiger partial charge is 0.418 e.